The molecule has 0 aromatic carbocycles. The summed E-state index contributed by atoms with van der Waals surface area (Å²) in [6.07, 6.45) is -1.76. The van der Waals surface area contributed by atoms with Crippen LogP contribution in [0.3, 0.4) is 0 Å². The van der Waals surface area contributed by atoms with Crippen LogP contribution in [-0.4, -0.2) is 50.0 Å². The maximum atomic E-state index is 13.7. The summed E-state index contributed by atoms with van der Waals surface area (Å²) in [5.74, 6) is 1.81. The van der Waals surface area contributed by atoms with E-state index in [0.29, 0.717) is 47.8 Å². The van der Waals surface area contributed by atoms with Crippen LogP contribution in [0.5, 0.6) is 0 Å². The van der Waals surface area contributed by atoms with E-state index in [1.165, 1.54) is 6.07 Å². The Bertz CT molecular complexity index is 1210. The van der Waals surface area contributed by atoms with E-state index in [9.17, 15) is 18.0 Å². The summed E-state index contributed by atoms with van der Waals surface area (Å²) in [5.41, 5.74) is 0.613. The number of amides is 1. The molecule has 1 unspecified atom stereocenters. The van der Waals surface area contributed by atoms with Crippen molar-refractivity contribution in [1.29, 1.82) is 0 Å². The van der Waals surface area contributed by atoms with Gasteiger partial charge in [-0.3, -0.25) is 4.79 Å². The van der Waals surface area contributed by atoms with E-state index in [2.05, 4.69) is 25.4 Å². The maximum Gasteiger partial charge on any atom is 0.417 e. The third kappa shape index (κ3) is 4.46. The fourth-order valence-electron chi connectivity index (χ4n) is 4.47. The second kappa shape index (κ2) is 8.37. The van der Waals surface area contributed by atoms with Crippen LogP contribution in [0.25, 0.3) is 11.5 Å². The highest BCUT2D eigenvalue weighted by Gasteiger charge is 2.47. The lowest BCUT2D eigenvalue weighted by atomic mass is 10.0. The van der Waals surface area contributed by atoms with Gasteiger partial charge in [-0.15, -0.1) is 0 Å². The molecule has 2 aliphatic rings. The van der Waals surface area contributed by atoms with E-state index in [-0.39, 0.29) is 23.5 Å². The number of anilines is 1. The summed E-state index contributed by atoms with van der Waals surface area (Å²) in [4.78, 5) is 28.1. The van der Waals surface area contributed by atoms with Crippen LogP contribution in [0.1, 0.15) is 40.4 Å². The Morgan fingerprint density at radius 1 is 1.15 bits per heavy atom. The van der Waals surface area contributed by atoms with E-state index < -0.39 is 11.7 Å². The van der Waals surface area contributed by atoms with E-state index >= 15 is 0 Å². The number of hydrogen-bond acceptors (Lipinski definition) is 7. The Labute approximate surface area is 193 Å². The Morgan fingerprint density at radius 3 is 2.65 bits per heavy atom. The molecule has 1 saturated heterocycles. The van der Waals surface area contributed by atoms with E-state index in [0.717, 1.165) is 25.1 Å². The summed E-state index contributed by atoms with van der Waals surface area (Å²) in [7, 11) is 0. The molecule has 3 aromatic rings. The van der Waals surface area contributed by atoms with Crippen LogP contribution in [0.15, 0.2) is 35.0 Å². The number of nitrogens with zero attached hydrogens (tertiary/aromatic N) is 5. The van der Waals surface area contributed by atoms with Crippen molar-refractivity contribution in [2.45, 2.75) is 38.9 Å². The van der Waals surface area contributed by atoms with Crippen LogP contribution in [0, 0.1) is 25.7 Å². The van der Waals surface area contributed by atoms with E-state index in [1.807, 2.05) is 6.92 Å². The number of hydrogen-bond donors (Lipinski definition) is 1. The number of carbonyl (C=O) groups is 1. The number of alkyl halides is 3. The minimum Gasteiger partial charge on any atom is -0.368 e. The lowest BCUT2D eigenvalue weighted by Crippen LogP contribution is -2.48. The quantitative estimate of drug-likeness (QED) is 0.597. The maximum absolute atomic E-state index is 13.7. The number of aryl methyl sites for hydroxylation is 2. The van der Waals surface area contributed by atoms with Crippen LogP contribution in [0.2, 0.25) is 0 Å². The molecule has 1 aliphatic carbocycles. The number of likely N-dealkylation sites (tertiary alicyclic amines) is 1. The summed E-state index contributed by atoms with van der Waals surface area (Å²) in [5, 5.41) is 6.92. The lowest BCUT2D eigenvalue weighted by Gasteiger charge is -2.35. The molecule has 2 fully saturated rings. The second-order valence-electron chi connectivity index (χ2n) is 8.91. The van der Waals surface area contributed by atoms with E-state index in [4.69, 9.17) is 4.52 Å². The van der Waals surface area contributed by atoms with Crippen LogP contribution in [0.4, 0.5) is 19.0 Å². The second-order valence-corrected chi connectivity index (χ2v) is 8.91. The van der Waals surface area contributed by atoms with Crippen molar-refractivity contribution in [3.63, 3.8) is 0 Å². The van der Waals surface area contributed by atoms with Gasteiger partial charge in [-0.25, -0.2) is 9.97 Å². The van der Waals surface area contributed by atoms with Gasteiger partial charge >= 0.3 is 6.18 Å². The SMILES string of the molecule is Cc1ccc(-c2nc(C)no2)c(C(=O)N2C[C@@H]3C[C@@H]3CC2CNc2ccc(C(F)(F)F)cn2)n1. The van der Waals surface area contributed by atoms with Crippen LogP contribution in [-0.2, 0) is 6.18 Å². The number of aromatic nitrogens is 4. The Morgan fingerprint density at radius 2 is 1.97 bits per heavy atom. The molecular formula is C23H23F3N6O2. The molecule has 1 N–H and O–H groups in total. The van der Waals surface area contributed by atoms with Gasteiger partial charge in [0.25, 0.3) is 11.8 Å². The van der Waals surface area contributed by atoms with Crippen molar-refractivity contribution in [3.8, 4) is 11.5 Å². The van der Waals surface area contributed by atoms with Crippen molar-refractivity contribution in [3.05, 3.63) is 53.2 Å². The molecule has 0 bridgehead atoms. The molecule has 178 valence electrons. The molecule has 4 heterocycles. The molecule has 3 aromatic heterocycles. The molecule has 8 nitrogen and oxygen atoms in total. The Kier molecular flexibility index (Phi) is 5.49. The van der Waals surface area contributed by atoms with Gasteiger partial charge < -0.3 is 14.7 Å². The molecule has 0 spiro atoms. The standard InChI is InChI=1S/C23H23F3N6O2/c1-12-3-5-18(21-30-13(2)31-34-21)20(29-12)22(33)32-11-15-7-14(15)8-17(32)10-28-19-6-4-16(9-27-19)23(24,25)26/h3-6,9,14-15,17H,7-8,10-11H2,1-2H3,(H,27,28)/t14-,15+,17?/m1/s1. The van der Waals surface area contributed by atoms with Gasteiger partial charge in [0.15, 0.2) is 5.82 Å². The third-order valence-corrected chi connectivity index (χ3v) is 6.38. The minimum absolute atomic E-state index is 0.153. The average molecular weight is 472 g/mol. The molecule has 1 aliphatic heterocycles. The fourth-order valence-corrected chi connectivity index (χ4v) is 4.47. The van der Waals surface area contributed by atoms with Gasteiger partial charge in [0.05, 0.1) is 11.1 Å². The summed E-state index contributed by atoms with van der Waals surface area (Å²) >= 11 is 0. The largest absolute Gasteiger partial charge is 0.417 e. The highest BCUT2D eigenvalue weighted by molar-refractivity contribution is 5.98. The molecule has 34 heavy (non-hydrogen) atoms. The highest BCUT2D eigenvalue weighted by atomic mass is 19.4. The summed E-state index contributed by atoms with van der Waals surface area (Å²) in [6, 6.07) is 5.68. The van der Waals surface area contributed by atoms with Crippen molar-refractivity contribution in [1.82, 2.24) is 25.0 Å². The van der Waals surface area contributed by atoms with Gasteiger partial charge in [0.1, 0.15) is 11.5 Å². The highest BCUT2D eigenvalue weighted by Crippen LogP contribution is 2.47. The Hall–Kier alpha value is -3.50. The topological polar surface area (TPSA) is 97.0 Å². The van der Waals surface area contributed by atoms with Crippen molar-refractivity contribution in [2.24, 2.45) is 11.8 Å². The normalized spacial score (nSPS) is 21.8. The summed E-state index contributed by atoms with van der Waals surface area (Å²) < 4.78 is 43.7. The number of fused-ring (bicyclic) bond motifs is 1. The lowest BCUT2D eigenvalue weighted by molar-refractivity contribution is -0.137. The molecule has 0 radical (unpaired) electrons. The monoisotopic (exact) mass is 472 g/mol. The molecule has 1 saturated carbocycles. The molecule has 1 amide bonds. The molecular weight excluding hydrogens is 449 g/mol. The zero-order chi connectivity index (χ0) is 24.0. The van der Waals surface area contributed by atoms with Crippen LogP contribution >= 0.6 is 0 Å². The first-order chi connectivity index (χ1) is 16.2. The predicted molar refractivity (Wildman–Crippen MR) is 116 cm³/mol. The van der Waals surface area contributed by atoms with E-state index in [1.54, 1.807) is 24.0 Å². The van der Waals surface area contributed by atoms with Gasteiger partial charge in [0.2, 0.25) is 0 Å². The first-order valence-electron chi connectivity index (χ1n) is 11.1. The van der Waals surface area contributed by atoms with Gasteiger partial charge in [-0.05, 0) is 62.8 Å². The Balaban J connectivity index is 1.37. The zero-order valence-electron chi connectivity index (χ0n) is 18.6. The number of pyridine rings is 2. The number of halogens is 3. The molecule has 5 rings (SSSR count). The van der Waals surface area contributed by atoms with Gasteiger partial charge in [-0.2, -0.15) is 18.2 Å². The average Bonchev–Trinajstić information content (AvgIpc) is 3.44. The van der Waals surface area contributed by atoms with Crippen molar-refractivity contribution >= 4 is 11.7 Å². The predicted octanol–water partition coefficient (Wildman–Crippen LogP) is 4.12. The third-order valence-electron chi connectivity index (χ3n) is 6.38. The first-order valence-corrected chi connectivity index (χ1v) is 11.1. The first kappa shape index (κ1) is 22.3. The number of rotatable bonds is 5. The number of carbonyl (C=O) groups excluding carboxylic acids is 1. The molecule has 3 atom stereocenters. The molecule has 11 heteroatoms. The van der Waals surface area contributed by atoms with Crippen molar-refractivity contribution < 1.29 is 22.5 Å². The number of piperidine rings is 1. The zero-order valence-corrected chi connectivity index (χ0v) is 18.6. The van der Waals surface area contributed by atoms with Crippen molar-refractivity contribution in [2.75, 3.05) is 18.4 Å². The smallest absolute Gasteiger partial charge is 0.368 e. The van der Waals surface area contributed by atoms with Crippen LogP contribution < -0.4 is 5.32 Å². The summed E-state index contributed by atoms with van der Waals surface area (Å²) in [6.45, 7) is 4.48. The minimum atomic E-state index is -4.44. The van der Waals surface area contributed by atoms with Gasteiger partial charge in [-0.1, -0.05) is 5.16 Å². The number of nitrogens with one attached hydrogen (secondary N) is 1. The van der Waals surface area contributed by atoms with Gasteiger partial charge in [0, 0.05) is 31.0 Å². The fraction of sp³-hybridized carbons (Fsp3) is 0.435.